The van der Waals surface area contributed by atoms with E-state index in [1.165, 1.54) is 37.7 Å². The molecule has 3 rings (SSSR count). The zero-order valence-corrected chi connectivity index (χ0v) is 12.8. The maximum absolute atomic E-state index is 11.7. The number of aromatic nitrogens is 2. The molecular weight excluding hydrogens is 316 g/mol. The summed E-state index contributed by atoms with van der Waals surface area (Å²) in [5.41, 5.74) is -0.162. The Balaban J connectivity index is 1.75. The molecule has 24 heavy (non-hydrogen) atoms. The molecule has 2 aromatic rings. The van der Waals surface area contributed by atoms with Crippen LogP contribution in [0.2, 0.25) is 0 Å². The number of hydrogen-bond donors (Lipinski definition) is 1. The lowest BCUT2D eigenvalue weighted by molar-refractivity contribution is -0.385. The van der Waals surface area contributed by atoms with E-state index in [4.69, 9.17) is 9.47 Å². The largest absolute Gasteiger partial charge is 0.490 e. The number of nitro benzene ring substituents is 1. The molecule has 9 heteroatoms. The molecule has 0 saturated heterocycles. The van der Waals surface area contributed by atoms with Crippen LogP contribution >= 0.6 is 0 Å². The highest BCUT2D eigenvalue weighted by Gasteiger charge is 2.29. The number of nitrogens with one attached hydrogen (secondary N) is 1. The Morgan fingerprint density at radius 2 is 2.12 bits per heavy atom. The molecule has 0 bridgehead atoms. The van der Waals surface area contributed by atoms with Crippen LogP contribution in [0.25, 0.3) is 0 Å². The van der Waals surface area contributed by atoms with Gasteiger partial charge in [-0.1, -0.05) is 0 Å². The van der Waals surface area contributed by atoms with Crippen LogP contribution in [0.5, 0.6) is 17.4 Å². The van der Waals surface area contributed by atoms with Gasteiger partial charge in [-0.05, 0) is 18.9 Å². The second-order valence-electron chi connectivity index (χ2n) is 5.20. The zero-order chi connectivity index (χ0) is 17.1. The third kappa shape index (κ3) is 3.57. The van der Waals surface area contributed by atoms with Crippen molar-refractivity contribution < 1.29 is 19.2 Å². The molecule has 1 fully saturated rings. The third-order valence-corrected chi connectivity index (χ3v) is 3.41. The van der Waals surface area contributed by atoms with Crippen LogP contribution in [0.4, 0.5) is 11.5 Å². The number of anilines is 1. The Kier molecular flexibility index (Phi) is 4.23. The SMILES string of the molecule is COc1cc(Oc2cc(NC(=O)C3CC3)ncn2)ccc1[N+](=O)[O-]. The van der Waals surface area contributed by atoms with Crippen molar-refractivity contribution in [2.45, 2.75) is 12.8 Å². The Hall–Kier alpha value is -3.23. The van der Waals surface area contributed by atoms with E-state index in [0.29, 0.717) is 11.6 Å². The number of methoxy groups -OCH3 is 1. The molecule has 1 N–H and O–H groups in total. The number of amides is 1. The fraction of sp³-hybridized carbons (Fsp3) is 0.267. The maximum Gasteiger partial charge on any atom is 0.311 e. The molecule has 1 saturated carbocycles. The second kappa shape index (κ2) is 6.49. The van der Waals surface area contributed by atoms with Crippen molar-refractivity contribution in [3.63, 3.8) is 0 Å². The quantitative estimate of drug-likeness (QED) is 0.639. The predicted octanol–water partition coefficient (Wildman–Crippen LogP) is 2.53. The van der Waals surface area contributed by atoms with Crippen LogP contribution in [0.3, 0.4) is 0 Å². The molecule has 0 spiro atoms. The number of hydrogen-bond acceptors (Lipinski definition) is 7. The lowest BCUT2D eigenvalue weighted by Crippen LogP contribution is -2.14. The smallest absolute Gasteiger partial charge is 0.311 e. The molecule has 1 heterocycles. The molecule has 0 radical (unpaired) electrons. The van der Waals surface area contributed by atoms with E-state index < -0.39 is 4.92 Å². The predicted molar refractivity (Wildman–Crippen MR) is 83.1 cm³/mol. The number of carbonyl (C=O) groups is 1. The standard InChI is InChI=1S/C15H14N4O5/c1-23-12-6-10(4-5-11(12)19(21)22)24-14-7-13(16-8-17-14)18-15(20)9-2-3-9/h4-9H,2-3H2,1H3,(H,16,17,18,20). The summed E-state index contributed by atoms with van der Waals surface area (Å²) in [5.74, 6) is 0.919. The number of benzene rings is 1. The minimum Gasteiger partial charge on any atom is -0.490 e. The van der Waals surface area contributed by atoms with Gasteiger partial charge in [0.15, 0.2) is 0 Å². The van der Waals surface area contributed by atoms with Crippen molar-refractivity contribution >= 4 is 17.4 Å². The van der Waals surface area contributed by atoms with Gasteiger partial charge in [-0.15, -0.1) is 0 Å². The molecule has 9 nitrogen and oxygen atoms in total. The molecular formula is C15H14N4O5. The van der Waals surface area contributed by atoms with E-state index in [1.807, 2.05) is 0 Å². The summed E-state index contributed by atoms with van der Waals surface area (Å²) in [7, 11) is 1.34. The Labute approximate surface area is 136 Å². The Bertz CT molecular complexity index is 791. The van der Waals surface area contributed by atoms with Gasteiger partial charge in [0.05, 0.1) is 12.0 Å². The van der Waals surface area contributed by atoms with Crippen molar-refractivity contribution in [1.29, 1.82) is 0 Å². The highest BCUT2D eigenvalue weighted by Crippen LogP contribution is 2.33. The van der Waals surface area contributed by atoms with Gasteiger partial charge < -0.3 is 14.8 Å². The first-order valence-corrected chi connectivity index (χ1v) is 7.20. The first-order valence-electron chi connectivity index (χ1n) is 7.20. The number of nitrogens with zero attached hydrogens (tertiary/aromatic N) is 3. The number of carbonyl (C=O) groups excluding carboxylic acids is 1. The summed E-state index contributed by atoms with van der Waals surface area (Å²) in [6, 6.07) is 5.59. The minimum absolute atomic E-state index is 0.0586. The van der Waals surface area contributed by atoms with Crippen LogP contribution in [-0.4, -0.2) is 27.9 Å². The highest BCUT2D eigenvalue weighted by molar-refractivity contribution is 5.93. The minimum atomic E-state index is -0.543. The van der Waals surface area contributed by atoms with Crippen LogP contribution < -0.4 is 14.8 Å². The van der Waals surface area contributed by atoms with Crippen molar-refractivity contribution in [3.05, 3.63) is 40.7 Å². The average molecular weight is 330 g/mol. The van der Waals surface area contributed by atoms with E-state index in [0.717, 1.165) is 12.8 Å². The second-order valence-corrected chi connectivity index (χ2v) is 5.20. The van der Waals surface area contributed by atoms with Gasteiger partial charge in [-0.25, -0.2) is 9.97 Å². The highest BCUT2D eigenvalue weighted by atomic mass is 16.6. The summed E-state index contributed by atoms with van der Waals surface area (Å²) in [5, 5.41) is 13.6. The van der Waals surface area contributed by atoms with Gasteiger partial charge in [0, 0.05) is 24.1 Å². The van der Waals surface area contributed by atoms with E-state index in [2.05, 4.69) is 15.3 Å². The van der Waals surface area contributed by atoms with Gasteiger partial charge in [0.2, 0.25) is 17.5 Å². The Morgan fingerprint density at radius 3 is 2.79 bits per heavy atom. The van der Waals surface area contributed by atoms with Crippen molar-refractivity contribution in [2.75, 3.05) is 12.4 Å². The molecule has 1 amide bonds. The molecule has 0 unspecified atom stereocenters. The van der Waals surface area contributed by atoms with Crippen LogP contribution in [0.15, 0.2) is 30.6 Å². The summed E-state index contributed by atoms with van der Waals surface area (Å²) in [4.78, 5) is 30.0. The van der Waals surface area contributed by atoms with Crippen LogP contribution in [0.1, 0.15) is 12.8 Å². The lowest BCUT2D eigenvalue weighted by Gasteiger charge is -2.08. The van der Waals surface area contributed by atoms with Crippen molar-refractivity contribution in [3.8, 4) is 17.4 Å². The molecule has 0 atom stereocenters. The van der Waals surface area contributed by atoms with Crippen molar-refractivity contribution in [1.82, 2.24) is 9.97 Å². The fourth-order valence-corrected chi connectivity index (χ4v) is 2.03. The maximum atomic E-state index is 11.7. The normalized spacial score (nSPS) is 13.2. The Morgan fingerprint density at radius 1 is 1.33 bits per heavy atom. The van der Waals surface area contributed by atoms with E-state index >= 15 is 0 Å². The number of nitro groups is 1. The van der Waals surface area contributed by atoms with Gasteiger partial charge in [-0.2, -0.15) is 0 Å². The monoisotopic (exact) mass is 330 g/mol. The molecule has 1 aliphatic rings. The van der Waals surface area contributed by atoms with Gasteiger partial charge in [0.25, 0.3) is 0 Å². The third-order valence-electron chi connectivity index (χ3n) is 3.41. The van der Waals surface area contributed by atoms with Crippen LogP contribution in [-0.2, 0) is 4.79 Å². The average Bonchev–Trinajstić information content (AvgIpc) is 3.39. The summed E-state index contributed by atoms with van der Waals surface area (Å²) < 4.78 is 10.5. The summed E-state index contributed by atoms with van der Waals surface area (Å²) >= 11 is 0. The molecule has 1 aromatic heterocycles. The summed E-state index contributed by atoms with van der Waals surface area (Å²) in [6.45, 7) is 0. The number of ether oxygens (including phenoxy) is 2. The molecule has 1 aliphatic carbocycles. The topological polar surface area (TPSA) is 116 Å². The lowest BCUT2D eigenvalue weighted by atomic mass is 10.3. The fourth-order valence-electron chi connectivity index (χ4n) is 2.03. The van der Waals surface area contributed by atoms with Gasteiger partial charge in [-0.3, -0.25) is 14.9 Å². The van der Waals surface area contributed by atoms with Gasteiger partial charge in [0.1, 0.15) is 17.9 Å². The zero-order valence-electron chi connectivity index (χ0n) is 12.8. The molecule has 124 valence electrons. The van der Waals surface area contributed by atoms with Crippen molar-refractivity contribution in [2.24, 2.45) is 5.92 Å². The van der Waals surface area contributed by atoms with E-state index in [-0.39, 0.29) is 29.1 Å². The summed E-state index contributed by atoms with van der Waals surface area (Å²) in [6.07, 6.45) is 3.05. The first kappa shape index (κ1) is 15.7. The number of rotatable bonds is 6. The molecule has 1 aromatic carbocycles. The first-order chi connectivity index (χ1) is 11.6. The van der Waals surface area contributed by atoms with E-state index in [9.17, 15) is 14.9 Å². The van der Waals surface area contributed by atoms with E-state index in [1.54, 1.807) is 0 Å². The van der Waals surface area contributed by atoms with Gasteiger partial charge >= 0.3 is 5.69 Å². The molecule has 0 aliphatic heterocycles. The van der Waals surface area contributed by atoms with Crippen LogP contribution in [0, 0.1) is 16.0 Å².